The molecule has 2 rings (SSSR count). The van der Waals surface area contributed by atoms with Gasteiger partial charge < -0.3 is 32.2 Å². The molecule has 0 fully saturated rings. The Morgan fingerprint density at radius 2 is 1.35 bits per heavy atom. The van der Waals surface area contributed by atoms with Crippen molar-refractivity contribution in [3.05, 3.63) is 70.3 Å². The van der Waals surface area contributed by atoms with Gasteiger partial charge in [0.2, 0.25) is 0 Å². The normalized spacial score (nSPS) is 8.23. The molecule has 0 saturated carbocycles. The molecule has 0 spiro atoms. The number of nitrogens with zero attached hydrogens (tertiary/aromatic N) is 4. The molecule has 0 saturated heterocycles. The molecule has 0 aromatic carbocycles. The fourth-order valence-electron chi connectivity index (χ4n) is 1.19. The summed E-state index contributed by atoms with van der Waals surface area (Å²) in [6.07, 6.45) is 2.93. The molecule has 9 N–H and O–H groups in total. The van der Waals surface area contributed by atoms with Crippen LogP contribution >= 0.6 is 0 Å². The molecule has 1 amide bonds. The number of carbonyl (C=O) groups excluding carboxylic acids is 1. The monoisotopic (exact) mass is 424 g/mol. The van der Waals surface area contributed by atoms with Crippen LogP contribution in [-0.4, -0.2) is 54.0 Å². The molecule has 13 nitrogen and oxygen atoms in total. The Morgan fingerprint density at radius 3 is 1.69 bits per heavy atom. The van der Waals surface area contributed by atoms with Crippen LogP contribution in [0.2, 0.25) is 0 Å². The van der Waals surface area contributed by atoms with Gasteiger partial charge in [0.05, 0.1) is 5.69 Å². The van der Waals surface area contributed by atoms with Crippen molar-refractivity contribution in [3.8, 4) is 0 Å². The first kappa shape index (κ1) is 34.4. The maximum absolute atomic E-state index is 11.6. The van der Waals surface area contributed by atoms with Crippen molar-refractivity contribution < 1.29 is 59.2 Å². The number of hydrogen-bond donors (Lipinski definition) is 1. The van der Waals surface area contributed by atoms with Gasteiger partial charge in [0.1, 0.15) is 5.69 Å². The average Bonchev–Trinajstić information content (AvgIpc) is 2.48. The van der Waals surface area contributed by atoms with E-state index in [4.69, 9.17) is 15.3 Å². The van der Waals surface area contributed by atoms with E-state index in [0.29, 0.717) is 0 Å². The van der Waals surface area contributed by atoms with Crippen molar-refractivity contribution in [1.29, 1.82) is 0 Å². The fraction of sp³-hybridized carbons (Fsp3) is 0. The summed E-state index contributed by atoms with van der Waals surface area (Å²) in [6, 6.07) is 9.66. The zero-order valence-corrected chi connectivity index (χ0v) is 13.7. The first-order valence-electron chi connectivity index (χ1n) is 5.46. The van der Waals surface area contributed by atoms with Gasteiger partial charge >= 0.3 is 17.1 Å². The van der Waals surface area contributed by atoms with E-state index in [1.807, 2.05) is 0 Å². The molecule has 2 aromatic rings. The van der Waals surface area contributed by atoms with Gasteiger partial charge in [0.25, 0.3) is 11.0 Å². The van der Waals surface area contributed by atoms with Crippen LogP contribution in [0.25, 0.3) is 0 Å². The fourth-order valence-corrected chi connectivity index (χ4v) is 1.19. The number of aromatic nitrogens is 2. The molecule has 2 aromatic heterocycles. The Balaban J connectivity index is -0.000000150. The Bertz CT molecular complexity index is 640. The van der Waals surface area contributed by atoms with E-state index in [1.54, 1.807) is 24.3 Å². The third kappa shape index (κ3) is 13.4. The SMILES string of the molecule is O.O.O.O.O=C(N=C([O-])c1ccccn1)c1ccccn1.O=[N+]([O-])O.[Cu+]. The summed E-state index contributed by atoms with van der Waals surface area (Å²) < 4.78 is 0. The topological polar surface area (TPSA) is 268 Å². The molecule has 150 valence electrons. The van der Waals surface area contributed by atoms with Gasteiger partial charge in [-0.05, 0) is 24.3 Å². The smallest absolute Gasteiger partial charge is 0.857 e. The second-order valence-electron chi connectivity index (χ2n) is 3.39. The summed E-state index contributed by atoms with van der Waals surface area (Å²) in [4.78, 5) is 30.9. The summed E-state index contributed by atoms with van der Waals surface area (Å²) in [5, 5.41) is 25.2. The number of rotatable bonds is 2. The van der Waals surface area contributed by atoms with Crippen LogP contribution in [0.3, 0.4) is 0 Å². The molecule has 0 bridgehead atoms. The van der Waals surface area contributed by atoms with Crippen LogP contribution in [0, 0.1) is 10.1 Å². The summed E-state index contributed by atoms with van der Waals surface area (Å²) in [6.45, 7) is 0. The number of amides is 1. The minimum absolute atomic E-state index is 0. The Labute approximate surface area is 156 Å². The number of aliphatic imine (C=N–C) groups is 1. The zero-order chi connectivity index (χ0) is 15.7. The molecule has 0 aliphatic carbocycles. The van der Waals surface area contributed by atoms with E-state index in [0.717, 1.165) is 0 Å². The molecular formula is C12H17CuN4O9. The van der Waals surface area contributed by atoms with Crippen LogP contribution in [0.4, 0.5) is 0 Å². The van der Waals surface area contributed by atoms with Crippen molar-refractivity contribution in [2.45, 2.75) is 0 Å². The molecule has 0 radical (unpaired) electrons. The molecule has 14 heteroatoms. The third-order valence-corrected chi connectivity index (χ3v) is 1.97. The van der Waals surface area contributed by atoms with Gasteiger partial charge in [-0.25, -0.2) is 4.99 Å². The maximum Gasteiger partial charge on any atom is 1.00 e. The van der Waals surface area contributed by atoms with E-state index < -0.39 is 16.9 Å². The predicted molar refractivity (Wildman–Crippen MR) is 82.6 cm³/mol. The van der Waals surface area contributed by atoms with E-state index >= 15 is 0 Å². The van der Waals surface area contributed by atoms with Crippen LogP contribution in [-0.2, 0) is 17.1 Å². The number of carbonyl (C=O) groups is 1. The van der Waals surface area contributed by atoms with Crippen molar-refractivity contribution in [3.63, 3.8) is 0 Å². The van der Waals surface area contributed by atoms with Crippen LogP contribution in [0.1, 0.15) is 16.2 Å². The summed E-state index contributed by atoms with van der Waals surface area (Å²) >= 11 is 0. The Hall–Kier alpha value is -3.00. The molecule has 0 aliphatic rings. The van der Waals surface area contributed by atoms with Crippen molar-refractivity contribution >= 4 is 11.8 Å². The molecule has 0 atom stereocenters. The van der Waals surface area contributed by atoms with Gasteiger partial charge in [0.15, 0.2) is 0 Å². The van der Waals surface area contributed by atoms with Crippen LogP contribution in [0.5, 0.6) is 0 Å². The maximum atomic E-state index is 11.6. The second kappa shape index (κ2) is 18.3. The van der Waals surface area contributed by atoms with Crippen LogP contribution in [0.15, 0.2) is 53.8 Å². The van der Waals surface area contributed by atoms with Gasteiger partial charge in [0, 0.05) is 18.3 Å². The van der Waals surface area contributed by atoms with Crippen LogP contribution < -0.4 is 5.11 Å². The summed E-state index contributed by atoms with van der Waals surface area (Å²) in [5.41, 5.74) is 0.272. The largest absolute Gasteiger partial charge is 1.00 e. The molecule has 26 heavy (non-hydrogen) atoms. The quantitative estimate of drug-likeness (QED) is 0.169. The Morgan fingerprint density at radius 1 is 0.962 bits per heavy atom. The minimum Gasteiger partial charge on any atom is -0.857 e. The van der Waals surface area contributed by atoms with Gasteiger partial charge in [-0.3, -0.25) is 14.8 Å². The van der Waals surface area contributed by atoms with Crippen molar-refractivity contribution in [2.75, 3.05) is 0 Å². The number of hydrogen-bond acceptors (Lipinski definition) is 6. The van der Waals surface area contributed by atoms with Gasteiger partial charge in [-0.2, -0.15) is 0 Å². The summed E-state index contributed by atoms with van der Waals surface area (Å²) in [5.74, 6) is -1.33. The standard InChI is InChI=1S/C12H9N3O2.Cu.HNO3.4H2O/c16-11(9-5-1-3-7-13-9)15-12(17)10-6-2-4-8-14-10;;2-1(3)4;;;;/h1-8H,(H,15,16,17);;(H,2,3,4);4*1H2/q;+1;;;;;/p-1. The van der Waals surface area contributed by atoms with E-state index in [9.17, 15) is 9.90 Å². The predicted octanol–water partition coefficient (Wildman–Crippen LogP) is -3.23. The van der Waals surface area contributed by atoms with E-state index in [2.05, 4.69) is 15.0 Å². The zero-order valence-electron chi connectivity index (χ0n) is 12.8. The first-order chi connectivity index (χ1) is 10.0. The minimum atomic E-state index is -1.50. The van der Waals surface area contributed by atoms with Crippen molar-refractivity contribution in [2.24, 2.45) is 4.99 Å². The van der Waals surface area contributed by atoms with Gasteiger partial charge in [-0.1, -0.05) is 12.1 Å². The van der Waals surface area contributed by atoms with Gasteiger partial charge in [-0.15, -0.1) is 10.1 Å². The molecule has 2 heterocycles. The van der Waals surface area contributed by atoms with E-state index in [1.165, 1.54) is 24.5 Å². The van der Waals surface area contributed by atoms with Crippen molar-refractivity contribution in [1.82, 2.24) is 9.97 Å². The average molecular weight is 425 g/mol. The second-order valence-corrected chi connectivity index (χ2v) is 3.39. The summed E-state index contributed by atoms with van der Waals surface area (Å²) in [7, 11) is 0. The first-order valence-corrected chi connectivity index (χ1v) is 5.46. The molecule has 0 aliphatic heterocycles. The molecular weight excluding hydrogens is 408 g/mol. The Kier molecular flexibility index (Phi) is 24.2. The third-order valence-electron chi connectivity index (χ3n) is 1.97. The molecule has 0 unspecified atom stereocenters. The number of pyridine rings is 2. The van der Waals surface area contributed by atoms with E-state index in [-0.39, 0.29) is 50.4 Å².